The Balaban J connectivity index is 2.33. The largest absolute Gasteiger partial charge is 0.383 e. The fourth-order valence-electron chi connectivity index (χ4n) is 1.66. The van der Waals surface area contributed by atoms with Crippen LogP contribution in [0.5, 0.6) is 0 Å². The summed E-state index contributed by atoms with van der Waals surface area (Å²) in [5.74, 6) is 0. The highest BCUT2D eigenvalue weighted by atomic mass is 35.5. The Labute approximate surface area is 100 Å². The molecule has 0 aliphatic carbocycles. The van der Waals surface area contributed by atoms with E-state index in [4.69, 9.17) is 11.6 Å². The lowest BCUT2D eigenvalue weighted by Crippen LogP contribution is -2.09. The molecule has 0 spiro atoms. The summed E-state index contributed by atoms with van der Waals surface area (Å²) in [4.78, 5) is 3.36. The smallest absolute Gasteiger partial charge is 0.0548 e. The summed E-state index contributed by atoms with van der Waals surface area (Å²) in [6.07, 6.45) is 0. The normalized spacial score (nSPS) is 10.7. The van der Waals surface area contributed by atoms with Crippen LogP contribution in [-0.4, -0.2) is 4.98 Å². The minimum absolute atomic E-state index is 0.765. The topological polar surface area (TPSA) is 27.8 Å². The Morgan fingerprint density at radius 3 is 2.88 bits per heavy atom. The first-order chi connectivity index (χ1) is 7.56. The van der Waals surface area contributed by atoms with Crippen molar-refractivity contribution >= 4 is 22.5 Å². The maximum Gasteiger partial charge on any atom is 0.0548 e. The lowest BCUT2D eigenvalue weighted by atomic mass is 10.2. The quantitative estimate of drug-likeness (QED) is 0.832. The molecule has 0 aliphatic rings. The number of aromatic nitrogens is 1. The summed E-state index contributed by atoms with van der Waals surface area (Å²) in [5, 5.41) is 5.15. The van der Waals surface area contributed by atoms with Crippen LogP contribution in [-0.2, 0) is 6.54 Å². The zero-order valence-corrected chi connectivity index (χ0v) is 10.3. The van der Waals surface area contributed by atoms with E-state index in [1.54, 1.807) is 0 Å². The number of allylic oxidation sites excluding steroid dienone is 1. The second-order valence-corrected chi connectivity index (χ2v) is 4.52. The fourth-order valence-corrected chi connectivity index (χ4v) is 1.83. The number of halogens is 1. The monoisotopic (exact) mass is 234 g/mol. The standard InChI is InChI=1S/C13H15ClN2/c1-8(2)15-7-11-5-10-6-12(14)9(3)4-13(10)16-11/h4-6,15-16H,1,7H2,2-3H3. The van der Waals surface area contributed by atoms with Gasteiger partial charge in [-0.25, -0.2) is 0 Å². The van der Waals surface area contributed by atoms with Crippen LogP contribution in [0, 0.1) is 6.92 Å². The Kier molecular flexibility index (Phi) is 2.92. The van der Waals surface area contributed by atoms with Crippen LogP contribution < -0.4 is 5.32 Å². The highest BCUT2D eigenvalue weighted by molar-refractivity contribution is 6.32. The first-order valence-corrected chi connectivity index (χ1v) is 5.61. The van der Waals surface area contributed by atoms with Gasteiger partial charge >= 0.3 is 0 Å². The third kappa shape index (κ3) is 2.22. The van der Waals surface area contributed by atoms with Gasteiger partial charge in [-0.2, -0.15) is 0 Å². The van der Waals surface area contributed by atoms with Crippen LogP contribution in [0.3, 0.4) is 0 Å². The van der Waals surface area contributed by atoms with Crippen molar-refractivity contribution in [1.29, 1.82) is 0 Å². The molecule has 2 rings (SSSR count). The summed E-state index contributed by atoms with van der Waals surface area (Å²) in [7, 11) is 0. The molecule has 1 heterocycles. The molecule has 0 saturated carbocycles. The van der Waals surface area contributed by atoms with Gasteiger partial charge in [0, 0.05) is 27.3 Å². The third-order valence-electron chi connectivity index (χ3n) is 2.54. The predicted molar refractivity (Wildman–Crippen MR) is 69.7 cm³/mol. The minimum atomic E-state index is 0.765. The maximum absolute atomic E-state index is 6.08. The molecule has 0 atom stereocenters. The number of benzene rings is 1. The number of nitrogens with one attached hydrogen (secondary N) is 2. The molecule has 2 nitrogen and oxygen atoms in total. The summed E-state index contributed by atoms with van der Waals surface area (Å²) >= 11 is 6.08. The van der Waals surface area contributed by atoms with Crippen LogP contribution in [0.4, 0.5) is 0 Å². The zero-order valence-electron chi connectivity index (χ0n) is 9.52. The molecule has 84 valence electrons. The average molecular weight is 235 g/mol. The molecular weight excluding hydrogens is 220 g/mol. The molecule has 16 heavy (non-hydrogen) atoms. The van der Waals surface area contributed by atoms with Crippen molar-refractivity contribution in [2.24, 2.45) is 0 Å². The van der Waals surface area contributed by atoms with E-state index in [0.29, 0.717) is 0 Å². The van der Waals surface area contributed by atoms with Crippen LogP contribution in [0.1, 0.15) is 18.2 Å². The molecule has 0 amide bonds. The average Bonchev–Trinajstić information content (AvgIpc) is 2.58. The number of H-pyrrole nitrogens is 1. The number of rotatable bonds is 3. The zero-order chi connectivity index (χ0) is 11.7. The summed E-state index contributed by atoms with van der Waals surface area (Å²) < 4.78 is 0. The van der Waals surface area contributed by atoms with Gasteiger partial charge in [-0.3, -0.25) is 0 Å². The Morgan fingerprint density at radius 2 is 2.19 bits per heavy atom. The second-order valence-electron chi connectivity index (χ2n) is 4.12. The molecule has 2 aromatic rings. The van der Waals surface area contributed by atoms with Crippen molar-refractivity contribution < 1.29 is 0 Å². The van der Waals surface area contributed by atoms with E-state index >= 15 is 0 Å². The molecule has 1 aromatic carbocycles. The molecule has 0 saturated heterocycles. The molecular formula is C13H15ClN2. The predicted octanol–water partition coefficient (Wildman–Crippen LogP) is 3.75. The Hall–Kier alpha value is -1.41. The SMILES string of the molecule is C=C(C)NCc1cc2cc(Cl)c(C)cc2[nH]1. The summed E-state index contributed by atoms with van der Waals surface area (Å²) in [6, 6.07) is 6.17. The van der Waals surface area contributed by atoms with Crippen molar-refractivity contribution in [2.45, 2.75) is 20.4 Å². The Morgan fingerprint density at radius 1 is 1.44 bits per heavy atom. The van der Waals surface area contributed by atoms with Gasteiger partial charge < -0.3 is 10.3 Å². The van der Waals surface area contributed by atoms with Crippen LogP contribution in [0.2, 0.25) is 5.02 Å². The molecule has 0 fully saturated rings. The van der Waals surface area contributed by atoms with Crippen molar-refractivity contribution in [2.75, 3.05) is 0 Å². The van der Waals surface area contributed by atoms with E-state index in [1.807, 2.05) is 19.9 Å². The van der Waals surface area contributed by atoms with Crippen molar-refractivity contribution in [1.82, 2.24) is 10.3 Å². The lowest BCUT2D eigenvalue weighted by Gasteiger charge is -2.01. The van der Waals surface area contributed by atoms with Crippen molar-refractivity contribution in [3.05, 3.63) is 46.8 Å². The fraction of sp³-hybridized carbons (Fsp3) is 0.231. The van der Waals surface area contributed by atoms with Gasteiger partial charge in [0.25, 0.3) is 0 Å². The number of fused-ring (bicyclic) bond motifs is 1. The first kappa shape index (κ1) is 11.1. The molecule has 1 aromatic heterocycles. The van der Waals surface area contributed by atoms with Gasteiger partial charge in [0.1, 0.15) is 0 Å². The lowest BCUT2D eigenvalue weighted by molar-refractivity contribution is 0.798. The molecule has 0 unspecified atom stereocenters. The number of aryl methyl sites for hydroxylation is 1. The van der Waals surface area contributed by atoms with E-state index in [1.165, 1.54) is 0 Å². The van der Waals surface area contributed by atoms with Crippen LogP contribution >= 0.6 is 11.6 Å². The van der Waals surface area contributed by atoms with Gasteiger partial charge in [0.2, 0.25) is 0 Å². The summed E-state index contributed by atoms with van der Waals surface area (Å²) in [5.41, 5.74) is 4.32. The van der Waals surface area contributed by atoms with Gasteiger partial charge in [-0.15, -0.1) is 0 Å². The maximum atomic E-state index is 6.08. The molecule has 3 heteroatoms. The third-order valence-corrected chi connectivity index (χ3v) is 2.94. The van der Waals surface area contributed by atoms with E-state index in [-0.39, 0.29) is 0 Å². The van der Waals surface area contributed by atoms with E-state index in [0.717, 1.165) is 39.4 Å². The van der Waals surface area contributed by atoms with Crippen molar-refractivity contribution in [3.8, 4) is 0 Å². The van der Waals surface area contributed by atoms with Gasteiger partial charge in [0.15, 0.2) is 0 Å². The number of hydrogen-bond donors (Lipinski definition) is 2. The van der Waals surface area contributed by atoms with Gasteiger partial charge in [-0.05, 0) is 37.6 Å². The highest BCUT2D eigenvalue weighted by Gasteiger charge is 2.03. The van der Waals surface area contributed by atoms with E-state index < -0.39 is 0 Å². The molecule has 0 radical (unpaired) electrons. The Bertz CT molecular complexity index is 501. The van der Waals surface area contributed by atoms with Gasteiger partial charge in [-0.1, -0.05) is 18.2 Å². The number of aromatic amines is 1. The molecule has 2 N–H and O–H groups in total. The van der Waals surface area contributed by atoms with Crippen LogP contribution in [0.25, 0.3) is 10.9 Å². The first-order valence-electron chi connectivity index (χ1n) is 5.23. The second kappa shape index (κ2) is 4.22. The van der Waals surface area contributed by atoms with Gasteiger partial charge in [0.05, 0.1) is 6.54 Å². The van der Waals surface area contributed by atoms with E-state index in [9.17, 15) is 0 Å². The van der Waals surface area contributed by atoms with E-state index in [2.05, 4.69) is 29.0 Å². The molecule has 0 aliphatic heterocycles. The minimum Gasteiger partial charge on any atom is -0.383 e. The summed E-state index contributed by atoms with van der Waals surface area (Å²) in [6.45, 7) is 8.53. The molecule has 0 bridgehead atoms. The number of hydrogen-bond acceptors (Lipinski definition) is 1. The highest BCUT2D eigenvalue weighted by Crippen LogP contribution is 2.23. The van der Waals surface area contributed by atoms with Crippen LogP contribution in [0.15, 0.2) is 30.5 Å². The van der Waals surface area contributed by atoms with Crippen molar-refractivity contribution in [3.63, 3.8) is 0 Å².